The minimum absolute atomic E-state index is 0.0324. The Morgan fingerprint density at radius 1 is 1.08 bits per heavy atom. The number of halogens is 3. The van der Waals surface area contributed by atoms with E-state index in [1.807, 2.05) is 0 Å². The Balaban J connectivity index is 1.64. The number of fused-ring (bicyclic) bond motifs is 3. The Hall–Kier alpha value is -4.25. The molecule has 1 fully saturated rings. The van der Waals surface area contributed by atoms with Crippen LogP contribution in [-0.2, 0) is 28.5 Å². The number of hydrogen-bond donors (Lipinski definition) is 1. The van der Waals surface area contributed by atoms with Crippen LogP contribution >= 0.6 is 0 Å². The van der Waals surface area contributed by atoms with Crippen LogP contribution in [0.2, 0.25) is 0 Å². The van der Waals surface area contributed by atoms with Gasteiger partial charge in [0.25, 0.3) is 5.91 Å². The monoisotopic (exact) mass is 540 g/mol. The summed E-state index contributed by atoms with van der Waals surface area (Å²) < 4.78 is 49.8. The number of esters is 1. The van der Waals surface area contributed by atoms with E-state index in [1.54, 1.807) is 6.92 Å². The predicted octanol–water partition coefficient (Wildman–Crippen LogP) is 4.91. The van der Waals surface area contributed by atoms with Crippen molar-refractivity contribution in [2.24, 2.45) is 0 Å². The van der Waals surface area contributed by atoms with Crippen LogP contribution in [0.1, 0.15) is 66.6 Å². The molecule has 0 bridgehead atoms. The first kappa shape index (κ1) is 26.4. The normalized spacial score (nSPS) is 16.3. The number of aromatic nitrogens is 1. The Morgan fingerprint density at radius 3 is 2.38 bits per heavy atom. The number of aryl methyl sites for hydroxylation is 2. The van der Waals surface area contributed by atoms with Crippen molar-refractivity contribution in [3.05, 3.63) is 87.7 Å². The maximum Gasteiger partial charge on any atom is 0.416 e. The van der Waals surface area contributed by atoms with Gasteiger partial charge in [-0.1, -0.05) is 24.3 Å². The maximum absolute atomic E-state index is 13.5. The zero-order valence-corrected chi connectivity index (χ0v) is 20.7. The second-order valence-electron chi connectivity index (χ2n) is 9.16. The average molecular weight is 540 g/mol. The highest BCUT2D eigenvalue weighted by Gasteiger charge is 2.45. The molecular weight excluding hydrogens is 517 g/mol. The van der Waals surface area contributed by atoms with Gasteiger partial charge in [0.1, 0.15) is 12.8 Å². The van der Waals surface area contributed by atoms with Gasteiger partial charge in [-0.2, -0.15) is 13.2 Å². The lowest BCUT2D eigenvalue weighted by molar-refractivity contribution is -0.137. The van der Waals surface area contributed by atoms with Gasteiger partial charge >= 0.3 is 18.1 Å². The smallest absolute Gasteiger partial charge is 0.416 e. The van der Waals surface area contributed by atoms with E-state index < -0.39 is 29.7 Å². The van der Waals surface area contributed by atoms with Gasteiger partial charge in [0, 0.05) is 5.56 Å². The van der Waals surface area contributed by atoms with E-state index in [9.17, 15) is 32.7 Å². The Bertz CT molecular complexity index is 1450. The van der Waals surface area contributed by atoms with Crippen LogP contribution in [0, 0.1) is 0 Å². The number of benzene rings is 2. The molecule has 202 valence electrons. The number of amides is 1. The molecule has 2 aliphatic rings. The molecule has 5 rings (SSSR count). The fraction of sp³-hybridized carbons (Fsp3) is 0.286. The van der Waals surface area contributed by atoms with Gasteiger partial charge in [-0.05, 0) is 55.2 Å². The van der Waals surface area contributed by atoms with Crippen LogP contribution in [0.25, 0.3) is 11.1 Å². The molecule has 1 atom stereocenters. The van der Waals surface area contributed by atoms with Gasteiger partial charge in [-0.15, -0.1) is 0 Å². The third-order valence-electron chi connectivity index (χ3n) is 6.80. The molecule has 1 unspecified atom stereocenters. The van der Waals surface area contributed by atoms with Gasteiger partial charge < -0.3 is 19.5 Å². The zero-order chi connectivity index (χ0) is 27.9. The van der Waals surface area contributed by atoms with Crippen LogP contribution in [0.4, 0.5) is 13.2 Å². The Kier molecular flexibility index (Phi) is 6.85. The highest BCUT2D eigenvalue weighted by atomic mass is 19.4. The van der Waals surface area contributed by atoms with Crippen molar-refractivity contribution >= 4 is 17.8 Å². The molecule has 11 heteroatoms. The van der Waals surface area contributed by atoms with Crippen molar-refractivity contribution in [3.63, 3.8) is 0 Å². The molecule has 1 saturated heterocycles. The molecule has 1 N–H and O–H groups in total. The minimum Gasteiger partial charge on any atom is -0.478 e. The van der Waals surface area contributed by atoms with Gasteiger partial charge in [-0.3, -0.25) is 9.78 Å². The van der Waals surface area contributed by atoms with E-state index in [1.165, 1.54) is 41.3 Å². The topological polar surface area (TPSA) is 106 Å². The molecule has 0 saturated carbocycles. The molecule has 2 aliphatic heterocycles. The van der Waals surface area contributed by atoms with Crippen molar-refractivity contribution in [1.82, 2.24) is 9.88 Å². The summed E-state index contributed by atoms with van der Waals surface area (Å²) in [6, 6.07) is 10.1. The highest BCUT2D eigenvalue weighted by Crippen LogP contribution is 2.43. The summed E-state index contributed by atoms with van der Waals surface area (Å²) in [6.07, 6.45) is -4.01. The quantitative estimate of drug-likeness (QED) is 0.425. The molecule has 2 aromatic carbocycles. The van der Waals surface area contributed by atoms with Gasteiger partial charge in [0.15, 0.2) is 0 Å². The number of carboxylic acid groups (broad SMARTS) is 1. The third-order valence-corrected chi connectivity index (χ3v) is 6.80. The molecule has 0 spiro atoms. The summed E-state index contributed by atoms with van der Waals surface area (Å²) in [5, 5.41) is 9.33. The Labute approximate surface area is 221 Å². The highest BCUT2D eigenvalue weighted by molar-refractivity contribution is 6.11. The number of hydrogen-bond acceptors (Lipinski definition) is 6. The predicted molar refractivity (Wildman–Crippen MR) is 131 cm³/mol. The average Bonchev–Trinajstić information content (AvgIpc) is 3.49. The lowest BCUT2D eigenvalue weighted by atomic mass is 9.90. The molecule has 8 nitrogen and oxygen atoms in total. The van der Waals surface area contributed by atoms with E-state index in [-0.39, 0.29) is 60.9 Å². The maximum atomic E-state index is 13.5. The second kappa shape index (κ2) is 10.1. The number of carbonyl (C=O) groups excluding carboxylic acids is 2. The molecule has 39 heavy (non-hydrogen) atoms. The molecule has 1 aromatic heterocycles. The molecule has 1 amide bonds. The van der Waals surface area contributed by atoms with Gasteiger partial charge in [0.05, 0.1) is 46.9 Å². The van der Waals surface area contributed by atoms with E-state index in [2.05, 4.69) is 0 Å². The molecule has 0 aliphatic carbocycles. The first-order chi connectivity index (χ1) is 18.6. The number of pyridine rings is 1. The van der Waals surface area contributed by atoms with E-state index >= 15 is 0 Å². The summed E-state index contributed by atoms with van der Waals surface area (Å²) in [6.45, 7) is 1.98. The number of carbonyl (C=O) groups is 3. The fourth-order valence-corrected chi connectivity index (χ4v) is 4.92. The van der Waals surface area contributed by atoms with E-state index in [0.717, 1.165) is 12.1 Å². The van der Waals surface area contributed by atoms with Crippen LogP contribution in [0.5, 0.6) is 0 Å². The summed E-state index contributed by atoms with van der Waals surface area (Å²) in [5.41, 5.74) is 1.66. The lowest BCUT2D eigenvalue weighted by Crippen LogP contribution is -2.23. The van der Waals surface area contributed by atoms with E-state index in [0.29, 0.717) is 22.5 Å². The molecule has 3 aromatic rings. The molecule has 3 heterocycles. The first-order valence-electron chi connectivity index (χ1n) is 12.2. The van der Waals surface area contributed by atoms with Crippen molar-refractivity contribution < 1.29 is 42.1 Å². The van der Waals surface area contributed by atoms with Crippen LogP contribution in [-0.4, -0.2) is 52.8 Å². The molecule has 0 radical (unpaired) electrons. The summed E-state index contributed by atoms with van der Waals surface area (Å²) in [7, 11) is 0. The van der Waals surface area contributed by atoms with Crippen LogP contribution in [0.3, 0.4) is 0 Å². The number of carboxylic acids is 1. The number of aromatic carboxylic acids is 1. The number of nitrogens with zero attached hydrogens (tertiary/aromatic N) is 2. The first-order valence-corrected chi connectivity index (χ1v) is 12.2. The molecular formula is C28H23F3N2O6. The SMILES string of the molecule is CCOC(=O)c1c(CCc2ccc(C(F)(F)F)cc2)nc2c(c1-c1ccc(C(=O)O)cc1)C(=O)N1COCC21. The second-order valence-corrected chi connectivity index (χ2v) is 9.16. The van der Waals surface area contributed by atoms with Crippen LogP contribution in [0.15, 0.2) is 48.5 Å². The minimum atomic E-state index is -4.45. The summed E-state index contributed by atoms with van der Waals surface area (Å²) in [5.74, 6) is -2.20. The van der Waals surface area contributed by atoms with Crippen molar-refractivity contribution in [2.75, 3.05) is 19.9 Å². The van der Waals surface area contributed by atoms with Crippen molar-refractivity contribution in [3.8, 4) is 11.1 Å². The van der Waals surface area contributed by atoms with Crippen molar-refractivity contribution in [1.29, 1.82) is 0 Å². The Morgan fingerprint density at radius 2 is 1.77 bits per heavy atom. The van der Waals surface area contributed by atoms with Crippen LogP contribution < -0.4 is 0 Å². The standard InChI is InChI=1S/C28H23F3N2O6/c1-2-39-27(37)22-19(12-5-15-3-10-18(11-4-15)28(29,30)31)32-24-20-13-38-14-33(20)25(34)23(24)21(22)16-6-8-17(9-7-16)26(35)36/h3-4,6-11,20H,2,5,12-14H2,1H3,(H,35,36). The number of alkyl halides is 3. The third kappa shape index (κ3) is 4.85. The van der Waals surface area contributed by atoms with Crippen molar-refractivity contribution in [2.45, 2.75) is 32.0 Å². The fourth-order valence-electron chi connectivity index (χ4n) is 4.92. The van der Waals surface area contributed by atoms with E-state index in [4.69, 9.17) is 14.5 Å². The largest absolute Gasteiger partial charge is 0.478 e. The number of rotatable bonds is 7. The van der Waals surface area contributed by atoms with Gasteiger partial charge in [-0.25, -0.2) is 9.59 Å². The number of ether oxygens (including phenoxy) is 2. The summed E-state index contributed by atoms with van der Waals surface area (Å²) >= 11 is 0. The zero-order valence-electron chi connectivity index (χ0n) is 20.7. The summed E-state index contributed by atoms with van der Waals surface area (Å²) in [4.78, 5) is 44.4. The van der Waals surface area contributed by atoms with Gasteiger partial charge in [0.2, 0.25) is 0 Å². The lowest BCUT2D eigenvalue weighted by Gasteiger charge is -2.18.